The smallest absolute Gasteiger partial charge is 0.259 e. The van der Waals surface area contributed by atoms with Gasteiger partial charge in [-0.05, 0) is 24.8 Å². The second-order valence-corrected chi connectivity index (χ2v) is 8.52. The number of nitrogens with zero attached hydrogens (tertiary/aromatic N) is 5. The van der Waals surface area contributed by atoms with Gasteiger partial charge < -0.3 is 10.6 Å². The van der Waals surface area contributed by atoms with Crippen LogP contribution in [-0.4, -0.2) is 49.2 Å². The minimum Gasteiger partial charge on any atom is -0.354 e. The molecule has 0 spiro atoms. The van der Waals surface area contributed by atoms with E-state index < -0.39 is 0 Å². The van der Waals surface area contributed by atoms with Crippen LogP contribution in [0, 0.1) is 0 Å². The molecule has 3 aromatic rings. The maximum atomic E-state index is 12.6. The highest BCUT2D eigenvalue weighted by molar-refractivity contribution is 7.99. The fourth-order valence-corrected chi connectivity index (χ4v) is 3.42. The Morgan fingerprint density at radius 1 is 1.03 bits per heavy atom. The molecule has 0 atom stereocenters. The first-order valence-corrected chi connectivity index (χ1v) is 10.7. The summed E-state index contributed by atoms with van der Waals surface area (Å²) < 4.78 is 1.56. The van der Waals surface area contributed by atoms with Gasteiger partial charge in [-0.3, -0.25) is 4.79 Å². The van der Waals surface area contributed by atoms with Crippen LogP contribution in [-0.2, 0) is 5.41 Å². The molecule has 2 N–H and O–H groups in total. The normalized spacial score (nSPS) is 11.6. The van der Waals surface area contributed by atoms with Crippen LogP contribution in [0.25, 0.3) is 5.78 Å². The minimum absolute atomic E-state index is 0.0423. The number of Topliss-reactive ketones (excluding diaryl/α,β-unsaturated/α-hetero) is 1. The van der Waals surface area contributed by atoms with Crippen molar-refractivity contribution in [1.82, 2.24) is 24.6 Å². The van der Waals surface area contributed by atoms with E-state index >= 15 is 0 Å². The standard InChI is InChI=1S/C20H27N7OS/c1-6-21-16-23-17(22-7-2)27-18(24-16)25-19(26-27)29-12-15(28)13-8-10-14(11-9-13)20(3,4)5/h8-11H,6-7,12H2,1-5H3,(H2,21,22,23,24,25,26). The number of hydrogen-bond donors (Lipinski definition) is 2. The van der Waals surface area contributed by atoms with Gasteiger partial charge in [-0.25, -0.2) is 0 Å². The maximum absolute atomic E-state index is 12.6. The van der Waals surface area contributed by atoms with E-state index in [-0.39, 0.29) is 17.0 Å². The molecule has 0 unspecified atom stereocenters. The molecule has 8 nitrogen and oxygen atoms in total. The number of anilines is 2. The van der Waals surface area contributed by atoms with Crippen molar-refractivity contribution in [3.63, 3.8) is 0 Å². The number of rotatable bonds is 8. The fourth-order valence-electron chi connectivity index (χ4n) is 2.71. The number of carbonyl (C=O) groups excluding carboxylic acids is 1. The summed E-state index contributed by atoms with van der Waals surface area (Å²) in [6.07, 6.45) is 0. The highest BCUT2D eigenvalue weighted by Gasteiger charge is 2.16. The molecule has 0 aliphatic carbocycles. The second-order valence-electron chi connectivity index (χ2n) is 7.58. The molecule has 0 aliphatic rings. The van der Waals surface area contributed by atoms with Crippen molar-refractivity contribution >= 4 is 35.2 Å². The molecule has 0 fully saturated rings. The molecular weight excluding hydrogens is 386 g/mol. The lowest BCUT2D eigenvalue weighted by atomic mass is 9.86. The number of aromatic nitrogens is 5. The van der Waals surface area contributed by atoms with E-state index in [0.29, 0.717) is 41.5 Å². The Labute approximate surface area is 174 Å². The number of fused-ring (bicyclic) bond motifs is 1. The number of benzene rings is 1. The molecule has 2 aromatic heterocycles. The van der Waals surface area contributed by atoms with Gasteiger partial charge in [-0.2, -0.15) is 19.5 Å². The summed E-state index contributed by atoms with van der Waals surface area (Å²) in [5.74, 6) is 1.80. The average Bonchev–Trinajstić information content (AvgIpc) is 3.09. The third-order valence-corrected chi connectivity index (χ3v) is 5.10. The quantitative estimate of drug-likeness (QED) is 0.427. The van der Waals surface area contributed by atoms with Crippen LogP contribution in [0.3, 0.4) is 0 Å². The van der Waals surface area contributed by atoms with Gasteiger partial charge in [0.2, 0.25) is 17.1 Å². The maximum Gasteiger partial charge on any atom is 0.259 e. The lowest BCUT2D eigenvalue weighted by molar-refractivity contribution is 0.102. The zero-order chi connectivity index (χ0) is 21.0. The summed E-state index contributed by atoms with van der Waals surface area (Å²) in [7, 11) is 0. The summed E-state index contributed by atoms with van der Waals surface area (Å²) >= 11 is 1.30. The van der Waals surface area contributed by atoms with Crippen LogP contribution < -0.4 is 10.6 Å². The van der Waals surface area contributed by atoms with Crippen LogP contribution in [0.2, 0.25) is 0 Å². The van der Waals surface area contributed by atoms with Crippen molar-refractivity contribution in [1.29, 1.82) is 0 Å². The Kier molecular flexibility index (Phi) is 6.36. The Hall–Kier alpha value is -2.68. The van der Waals surface area contributed by atoms with Crippen LogP contribution in [0.4, 0.5) is 11.9 Å². The molecular formula is C20H27N7OS. The van der Waals surface area contributed by atoms with Crippen LogP contribution in [0.1, 0.15) is 50.5 Å². The first kappa shape index (κ1) is 21.0. The van der Waals surface area contributed by atoms with Crippen molar-refractivity contribution < 1.29 is 4.79 Å². The van der Waals surface area contributed by atoms with Gasteiger partial charge in [0.25, 0.3) is 5.78 Å². The van der Waals surface area contributed by atoms with E-state index in [1.54, 1.807) is 4.52 Å². The van der Waals surface area contributed by atoms with Gasteiger partial charge in [-0.1, -0.05) is 56.8 Å². The van der Waals surface area contributed by atoms with Crippen molar-refractivity contribution in [2.24, 2.45) is 0 Å². The first-order valence-electron chi connectivity index (χ1n) is 9.71. The Balaban J connectivity index is 1.74. The van der Waals surface area contributed by atoms with Gasteiger partial charge in [-0.15, -0.1) is 5.10 Å². The van der Waals surface area contributed by atoms with Gasteiger partial charge in [0.15, 0.2) is 5.78 Å². The Morgan fingerprint density at radius 2 is 1.72 bits per heavy atom. The molecule has 1 aromatic carbocycles. The molecule has 3 rings (SSSR count). The fraction of sp³-hybridized carbons (Fsp3) is 0.450. The van der Waals surface area contributed by atoms with E-state index in [1.807, 2.05) is 38.1 Å². The molecule has 2 heterocycles. The van der Waals surface area contributed by atoms with Gasteiger partial charge >= 0.3 is 0 Å². The van der Waals surface area contributed by atoms with E-state index in [9.17, 15) is 4.79 Å². The van der Waals surface area contributed by atoms with Crippen molar-refractivity contribution in [3.8, 4) is 0 Å². The first-order chi connectivity index (χ1) is 13.8. The SMILES string of the molecule is CCNc1nc(NCC)n2nc(SCC(=O)c3ccc(C(C)(C)C)cc3)nc2n1. The summed E-state index contributed by atoms with van der Waals surface area (Å²) in [5.41, 5.74) is 1.96. The predicted molar refractivity (Wildman–Crippen MR) is 117 cm³/mol. The van der Waals surface area contributed by atoms with E-state index in [0.717, 1.165) is 0 Å². The Morgan fingerprint density at radius 3 is 2.34 bits per heavy atom. The average molecular weight is 414 g/mol. The zero-order valence-corrected chi connectivity index (χ0v) is 18.3. The van der Waals surface area contributed by atoms with Gasteiger partial charge in [0.1, 0.15) is 0 Å². The van der Waals surface area contributed by atoms with Crippen LogP contribution >= 0.6 is 11.8 Å². The second kappa shape index (κ2) is 8.77. The summed E-state index contributed by atoms with van der Waals surface area (Å²) in [5, 5.41) is 11.2. The number of ketones is 1. The third-order valence-electron chi connectivity index (χ3n) is 4.26. The highest BCUT2D eigenvalue weighted by atomic mass is 32.2. The summed E-state index contributed by atoms with van der Waals surface area (Å²) in [4.78, 5) is 25.8. The Bertz CT molecular complexity index is 992. The molecule has 154 valence electrons. The summed E-state index contributed by atoms with van der Waals surface area (Å²) in [6, 6.07) is 7.80. The highest BCUT2D eigenvalue weighted by Crippen LogP contribution is 2.23. The van der Waals surface area contributed by atoms with E-state index in [2.05, 4.69) is 51.5 Å². The predicted octanol–water partition coefficient (Wildman–Crippen LogP) is 3.66. The lowest BCUT2D eigenvalue weighted by Gasteiger charge is -2.18. The number of thioether (sulfide) groups is 1. The number of hydrogen-bond acceptors (Lipinski definition) is 8. The zero-order valence-electron chi connectivity index (χ0n) is 17.5. The monoisotopic (exact) mass is 413 g/mol. The molecule has 9 heteroatoms. The lowest BCUT2D eigenvalue weighted by Crippen LogP contribution is -2.11. The van der Waals surface area contributed by atoms with Gasteiger partial charge in [0, 0.05) is 18.7 Å². The number of nitrogens with one attached hydrogen (secondary N) is 2. The van der Waals surface area contributed by atoms with E-state index in [1.165, 1.54) is 17.3 Å². The molecule has 0 aliphatic heterocycles. The van der Waals surface area contributed by atoms with E-state index in [4.69, 9.17) is 0 Å². The van der Waals surface area contributed by atoms with Crippen molar-refractivity contribution in [2.75, 3.05) is 29.5 Å². The van der Waals surface area contributed by atoms with Gasteiger partial charge in [0.05, 0.1) is 5.75 Å². The third kappa shape index (κ3) is 5.03. The molecule has 0 saturated heterocycles. The van der Waals surface area contributed by atoms with Crippen LogP contribution in [0.15, 0.2) is 29.4 Å². The molecule has 0 bridgehead atoms. The molecule has 0 saturated carbocycles. The largest absolute Gasteiger partial charge is 0.354 e. The molecule has 29 heavy (non-hydrogen) atoms. The topological polar surface area (TPSA) is 97.1 Å². The van der Waals surface area contributed by atoms with Crippen LogP contribution in [0.5, 0.6) is 0 Å². The molecule has 0 amide bonds. The summed E-state index contributed by atoms with van der Waals surface area (Å²) in [6.45, 7) is 11.8. The minimum atomic E-state index is 0.0423. The van der Waals surface area contributed by atoms with Crippen molar-refractivity contribution in [3.05, 3.63) is 35.4 Å². The number of carbonyl (C=O) groups is 1. The van der Waals surface area contributed by atoms with Crippen molar-refractivity contribution in [2.45, 2.75) is 45.2 Å². The molecule has 0 radical (unpaired) electrons.